The third-order valence-electron chi connectivity index (χ3n) is 5.16. The minimum absolute atomic E-state index is 0.0203. The molecule has 0 spiro atoms. The molecule has 0 aliphatic carbocycles. The maximum absolute atomic E-state index is 13.4. The molecule has 0 unspecified atom stereocenters. The van der Waals surface area contributed by atoms with Crippen molar-refractivity contribution in [3.8, 4) is 5.75 Å². The molecule has 0 fully saturated rings. The fraction of sp³-hybridized carbons (Fsp3) is 0.136. The molecule has 0 N–H and O–H groups in total. The molecule has 0 radical (unpaired) electrons. The van der Waals surface area contributed by atoms with Crippen LogP contribution in [0.25, 0.3) is 0 Å². The molecule has 2 atom stereocenters. The Hall–Kier alpha value is -2.08. The molecular formula is C22H14BrCl2FN2O. The zero-order valence-electron chi connectivity index (χ0n) is 14.9. The van der Waals surface area contributed by atoms with Gasteiger partial charge in [-0.2, -0.15) is 5.10 Å². The molecule has 2 aliphatic heterocycles. The topological polar surface area (TPSA) is 24.8 Å². The molecule has 3 aromatic carbocycles. The maximum Gasteiger partial charge on any atom is 0.215 e. The van der Waals surface area contributed by atoms with Crippen molar-refractivity contribution < 1.29 is 9.13 Å². The lowest BCUT2D eigenvalue weighted by Gasteiger charge is -2.38. The third-order valence-corrected chi connectivity index (χ3v) is 6.21. The first kappa shape index (κ1) is 18.9. The summed E-state index contributed by atoms with van der Waals surface area (Å²) in [7, 11) is 0. The Morgan fingerprint density at radius 1 is 1.00 bits per heavy atom. The van der Waals surface area contributed by atoms with Crippen LogP contribution in [-0.4, -0.2) is 10.7 Å². The number of hydrogen-bond acceptors (Lipinski definition) is 3. The van der Waals surface area contributed by atoms with E-state index in [1.54, 1.807) is 24.3 Å². The van der Waals surface area contributed by atoms with Gasteiger partial charge in [0.25, 0.3) is 0 Å². The molecule has 0 aromatic heterocycles. The van der Waals surface area contributed by atoms with Gasteiger partial charge in [-0.25, -0.2) is 9.40 Å². The van der Waals surface area contributed by atoms with Gasteiger partial charge in [0.15, 0.2) is 0 Å². The van der Waals surface area contributed by atoms with Crippen molar-refractivity contribution in [2.24, 2.45) is 5.10 Å². The van der Waals surface area contributed by atoms with Gasteiger partial charge >= 0.3 is 0 Å². The van der Waals surface area contributed by atoms with Gasteiger partial charge in [-0.3, -0.25) is 0 Å². The first-order valence-electron chi connectivity index (χ1n) is 9.02. The Labute approximate surface area is 185 Å². The summed E-state index contributed by atoms with van der Waals surface area (Å²) in [6.07, 6.45) is 0.191. The van der Waals surface area contributed by atoms with Gasteiger partial charge in [-0.05, 0) is 48.0 Å². The van der Waals surface area contributed by atoms with Gasteiger partial charge in [0.05, 0.1) is 16.8 Å². The van der Waals surface area contributed by atoms with Crippen molar-refractivity contribution in [2.45, 2.75) is 18.7 Å². The van der Waals surface area contributed by atoms with Gasteiger partial charge < -0.3 is 4.74 Å². The maximum atomic E-state index is 13.4. The van der Waals surface area contributed by atoms with E-state index in [0.717, 1.165) is 32.6 Å². The summed E-state index contributed by atoms with van der Waals surface area (Å²) in [4.78, 5) is 0. The molecule has 5 rings (SSSR count). The molecule has 0 saturated heterocycles. The smallest absolute Gasteiger partial charge is 0.215 e. The zero-order chi connectivity index (χ0) is 20.1. The van der Waals surface area contributed by atoms with Gasteiger partial charge in [-0.15, -0.1) is 0 Å². The summed E-state index contributed by atoms with van der Waals surface area (Å²) in [5.41, 5.74) is 3.60. The van der Waals surface area contributed by atoms with E-state index in [0.29, 0.717) is 16.5 Å². The monoisotopic (exact) mass is 490 g/mol. The minimum atomic E-state index is -0.489. The number of fused-ring (bicyclic) bond motifs is 3. The first-order chi connectivity index (χ1) is 14.0. The second kappa shape index (κ2) is 7.31. The summed E-state index contributed by atoms with van der Waals surface area (Å²) in [5.74, 6) is 0.523. The Bertz CT molecular complexity index is 1140. The Balaban J connectivity index is 1.62. The van der Waals surface area contributed by atoms with Crippen LogP contribution in [0.5, 0.6) is 5.75 Å². The molecule has 2 aliphatic rings. The minimum Gasteiger partial charge on any atom is -0.464 e. The van der Waals surface area contributed by atoms with Crippen molar-refractivity contribution in [1.82, 2.24) is 5.01 Å². The summed E-state index contributed by atoms with van der Waals surface area (Å²) in [6, 6.07) is 17.7. The Kier molecular flexibility index (Phi) is 4.77. The quantitative estimate of drug-likeness (QED) is 0.380. The van der Waals surface area contributed by atoms with Crippen LogP contribution in [0.15, 0.2) is 70.2 Å². The molecule has 0 saturated carbocycles. The van der Waals surface area contributed by atoms with Crippen LogP contribution < -0.4 is 4.74 Å². The van der Waals surface area contributed by atoms with Crippen molar-refractivity contribution in [1.29, 1.82) is 0 Å². The summed E-state index contributed by atoms with van der Waals surface area (Å²) < 4.78 is 20.7. The molecule has 3 aromatic rings. The van der Waals surface area contributed by atoms with Gasteiger partial charge in [-0.1, -0.05) is 57.3 Å². The molecule has 0 bridgehead atoms. The predicted molar refractivity (Wildman–Crippen MR) is 116 cm³/mol. The Morgan fingerprint density at radius 2 is 1.79 bits per heavy atom. The van der Waals surface area contributed by atoms with Crippen LogP contribution in [-0.2, 0) is 0 Å². The first-order valence-corrected chi connectivity index (χ1v) is 10.6. The van der Waals surface area contributed by atoms with Gasteiger partial charge in [0.2, 0.25) is 6.23 Å². The highest BCUT2D eigenvalue weighted by Crippen LogP contribution is 2.49. The van der Waals surface area contributed by atoms with Crippen molar-refractivity contribution in [3.63, 3.8) is 0 Å². The number of benzene rings is 3. The second-order valence-corrected chi connectivity index (χ2v) is 8.73. The molecular weight excluding hydrogens is 478 g/mol. The number of hydrogen-bond donors (Lipinski definition) is 0. The van der Waals surface area contributed by atoms with E-state index in [4.69, 9.17) is 33.0 Å². The lowest BCUT2D eigenvalue weighted by Crippen LogP contribution is -2.33. The molecule has 3 nitrogen and oxygen atoms in total. The average Bonchev–Trinajstić information content (AvgIpc) is 3.14. The van der Waals surface area contributed by atoms with E-state index in [-0.39, 0.29) is 11.9 Å². The van der Waals surface area contributed by atoms with Crippen molar-refractivity contribution >= 4 is 44.8 Å². The lowest BCUT2D eigenvalue weighted by molar-refractivity contribution is -0.0190. The number of halogens is 4. The van der Waals surface area contributed by atoms with Crippen LogP contribution in [0.4, 0.5) is 4.39 Å². The average molecular weight is 492 g/mol. The number of hydrazone groups is 1. The van der Waals surface area contributed by atoms with E-state index < -0.39 is 6.23 Å². The number of ether oxygens (including phenoxy) is 1. The van der Waals surface area contributed by atoms with Crippen LogP contribution in [0, 0.1) is 5.82 Å². The highest BCUT2D eigenvalue weighted by Gasteiger charge is 2.41. The zero-order valence-corrected chi connectivity index (χ0v) is 18.0. The van der Waals surface area contributed by atoms with Crippen molar-refractivity contribution in [2.75, 3.05) is 0 Å². The summed E-state index contributed by atoms with van der Waals surface area (Å²) in [5, 5.41) is 7.87. The third kappa shape index (κ3) is 3.41. The lowest BCUT2D eigenvalue weighted by atomic mass is 9.96. The number of rotatable bonds is 2. The van der Waals surface area contributed by atoms with Crippen LogP contribution in [0.1, 0.15) is 35.4 Å². The number of nitrogens with zero attached hydrogens (tertiary/aromatic N) is 2. The van der Waals surface area contributed by atoms with E-state index in [1.807, 2.05) is 23.2 Å². The van der Waals surface area contributed by atoms with E-state index in [1.165, 1.54) is 12.1 Å². The van der Waals surface area contributed by atoms with Gasteiger partial charge in [0.1, 0.15) is 11.6 Å². The molecule has 29 heavy (non-hydrogen) atoms. The van der Waals surface area contributed by atoms with Crippen LogP contribution >= 0.6 is 39.1 Å². The van der Waals surface area contributed by atoms with E-state index >= 15 is 0 Å². The highest BCUT2D eigenvalue weighted by molar-refractivity contribution is 9.10. The highest BCUT2D eigenvalue weighted by atomic mass is 79.9. The molecule has 146 valence electrons. The summed E-state index contributed by atoms with van der Waals surface area (Å²) in [6.45, 7) is 0. The van der Waals surface area contributed by atoms with Crippen LogP contribution in [0.2, 0.25) is 10.0 Å². The normalized spacial score (nSPS) is 20.0. The van der Waals surface area contributed by atoms with E-state index in [2.05, 4.69) is 22.0 Å². The predicted octanol–water partition coefficient (Wildman–Crippen LogP) is 7.14. The fourth-order valence-electron chi connectivity index (χ4n) is 3.78. The van der Waals surface area contributed by atoms with Crippen LogP contribution in [0.3, 0.4) is 0 Å². The van der Waals surface area contributed by atoms with Crippen molar-refractivity contribution in [3.05, 3.63) is 97.7 Å². The Morgan fingerprint density at radius 3 is 2.55 bits per heavy atom. The molecule has 7 heteroatoms. The summed E-state index contributed by atoms with van der Waals surface area (Å²) >= 11 is 16.1. The van der Waals surface area contributed by atoms with E-state index in [9.17, 15) is 4.39 Å². The fourth-order valence-corrected chi connectivity index (χ4v) is 4.66. The SMILES string of the molecule is Fc1ccc(C2=NN3[C@H](C2)c2cc(Br)ccc2O[C@@H]3c2ccc(Cl)cc2Cl)cc1. The molecule has 2 heterocycles. The largest absolute Gasteiger partial charge is 0.464 e. The molecule has 0 amide bonds. The standard InChI is InChI=1S/C22H14BrCl2FN2O/c23-13-3-8-21-17(9-13)20-11-19(12-1-5-15(26)6-2-12)27-28(20)22(29-21)16-7-4-14(24)10-18(16)25/h1-10,20,22H,11H2/t20-,22-/m1/s1. The van der Waals surface area contributed by atoms with Gasteiger partial charge in [0, 0.05) is 27.0 Å². The second-order valence-electron chi connectivity index (χ2n) is 6.97.